The average Bonchev–Trinajstić information content (AvgIpc) is 2.60. The maximum Gasteiger partial charge on any atom is 0.317 e. The standard InChI is InChI=1S/C11H22N2O3.C7H17N3O2/c1-11(10(15)16,5-2-3-6-12)8-9(14)4-7-13;8-2-1-4-10(5-3-9)6-7(11)12/h2-8,12-13H2,1H3,(H,15,16);1-6,8-9H2,(H,11,12)/t11-;/m1./s1. The molecule has 0 rings (SSSR count). The Bertz CT molecular complexity index is 450. The van der Waals surface area contributed by atoms with Crippen LogP contribution in [-0.4, -0.2) is 78.6 Å². The summed E-state index contributed by atoms with van der Waals surface area (Å²) in [6, 6.07) is 0. The van der Waals surface area contributed by atoms with Gasteiger partial charge in [0, 0.05) is 25.9 Å². The highest BCUT2D eigenvalue weighted by Gasteiger charge is 2.34. The molecule has 0 unspecified atom stereocenters. The minimum absolute atomic E-state index is 0.0528. The molecule has 10 heteroatoms. The fraction of sp³-hybridized carbons (Fsp3) is 0.833. The number of rotatable bonds is 16. The van der Waals surface area contributed by atoms with Crippen LogP contribution in [0.5, 0.6) is 0 Å². The van der Waals surface area contributed by atoms with Gasteiger partial charge in [-0.25, -0.2) is 0 Å². The number of aliphatic carboxylic acids is 2. The quantitative estimate of drug-likeness (QED) is 0.176. The van der Waals surface area contributed by atoms with Gasteiger partial charge in [0.2, 0.25) is 0 Å². The molecule has 0 saturated carbocycles. The van der Waals surface area contributed by atoms with Crippen molar-refractivity contribution in [1.29, 1.82) is 0 Å². The van der Waals surface area contributed by atoms with E-state index in [0.717, 1.165) is 19.3 Å². The number of unbranched alkanes of at least 4 members (excludes halogenated alkanes) is 1. The SMILES string of the molecule is C[C@@](CCCCN)(CC(=O)CCN)C(=O)O.NCCCN(CCN)CC(=O)O. The van der Waals surface area contributed by atoms with Crippen molar-refractivity contribution < 1.29 is 24.6 Å². The number of carbonyl (C=O) groups is 3. The maximum absolute atomic E-state index is 11.4. The maximum atomic E-state index is 11.4. The summed E-state index contributed by atoms with van der Waals surface area (Å²) in [4.78, 5) is 34.7. The molecule has 0 aliphatic rings. The Labute approximate surface area is 167 Å². The summed E-state index contributed by atoms with van der Waals surface area (Å²) in [5.74, 6) is -1.82. The van der Waals surface area contributed by atoms with Crippen molar-refractivity contribution in [3.63, 3.8) is 0 Å². The van der Waals surface area contributed by atoms with Gasteiger partial charge in [0.05, 0.1) is 12.0 Å². The minimum atomic E-state index is -0.971. The Hall–Kier alpha value is -1.59. The lowest BCUT2D eigenvalue weighted by molar-refractivity contribution is -0.151. The van der Waals surface area contributed by atoms with E-state index in [1.807, 2.05) is 0 Å². The van der Waals surface area contributed by atoms with E-state index in [0.29, 0.717) is 39.1 Å². The Morgan fingerprint density at radius 1 is 0.857 bits per heavy atom. The molecule has 0 amide bonds. The zero-order valence-electron chi connectivity index (χ0n) is 17.1. The van der Waals surface area contributed by atoms with Crippen LogP contribution in [0.4, 0.5) is 0 Å². The van der Waals surface area contributed by atoms with Gasteiger partial charge in [0.1, 0.15) is 5.78 Å². The van der Waals surface area contributed by atoms with Gasteiger partial charge >= 0.3 is 11.9 Å². The summed E-state index contributed by atoms with van der Waals surface area (Å²) in [6.07, 6.45) is 3.12. The smallest absolute Gasteiger partial charge is 0.317 e. The summed E-state index contributed by atoms with van der Waals surface area (Å²) in [5.41, 5.74) is 20.3. The van der Waals surface area contributed by atoms with Gasteiger partial charge in [-0.2, -0.15) is 0 Å². The first-order chi connectivity index (χ1) is 13.2. The first-order valence-electron chi connectivity index (χ1n) is 9.66. The Morgan fingerprint density at radius 3 is 1.89 bits per heavy atom. The fourth-order valence-electron chi connectivity index (χ4n) is 2.57. The van der Waals surface area contributed by atoms with Crippen LogP contribution < -0.4 is 22.9 Å². The lowest BCUT2D eigenvalue weighted by atomic mass is 9.80. The minimum Gasteiger partial charge on any atom is -0.481 e. The number of nitrogens with two attached hydrogens (primary N) is 4. The third-order valence-corrected chi connectivity index (χ3v) is 4.19. The number of ketones is 1. The summed E-state index contributed by atoms with van der Waals surface area (Å²) in [5, 5.41) is 17.6. The lowest BCUT2D eigenvalue weighted by Crippen LogP contribution is -2.35. The van der Waals surface area contributed by atoms with E-state index in [2.05, 4.69) is 0 Å². The second-order valence-corrected chi connectivity index (χ2v) is 6.97. The van der Waals surface area contributed by atoms with E-state index in [1.54, 1.807) is 11.8 Å². The second-order valence-electron chi connectivity index (χ2n) is 6.97. The molecule has 0 aromatic heterocycles. The molecule has 0 aliphatic carbocycles. The zero-order chi connectivity index (χ0) is 22.0. The predicted octanol–water partition coefficient (Wildman–Crippen LogP) is -0.805. The molecular weight excluding hydrogens is 366 g/mol. The molecule has 10 nitrogen and oxygen atoms in total. The van der Waals surface area contributed by atoms with Gasteiger partial charge in [0.25, 0.3) is 0 Å². The van der Waals surface area contributed by atoms with Gasteiger partial charge in [-0.1, -0.05) is 6.42 Å². The highest BCUT2D eigenvalue weighted by atomic mass is 16.4. The third kappa shape index (κ3) is 15.5. The molecule has 0 aliphatic heterocycles. The van der Waals surface area contributed by atoms with E-state index in [4.69, 9.17) is 33.1 Å². The van der Waals surface area contributed by atoms with Gasteiger partial charge in [-0.15, -0.1) is 0 Å². The summed E-state index contributed by atoms with van der Waals surface area (Å²) < 4.78 is 0. The number of carbonyl (C=O) groups excluding carboxylic acids is 1. The normalized spacial score (nSPS) is 12.8. The molecule has 0 spiro atoms. The molecule has 0 bridgehead atoms. The van der Waals surface area contributed by atoms with E-state index < -0.39 is 17.4 Å². The Balaban J connectivity index is 0. The van der Waals surface area contributed by atoms with Crippen LogP contribution in [0.1, 0.15) is 45.4 Å². The highest BCUT2D eigenvalue weighted by Crippen LogP contribution is 2.29. The number of hydrogen-bond acceptors (Lipinski definition) is 8. The molecular formula is C18H39N5O5. The molecule has 10 N–H and O–H groups in total. The molecule has 0 radical (unpaired) electrons. The van der Waals surface area contributed by atoms with Crippen molar-refractivity contribution in [2.75, 3.05) is 45.8 Å². The van der Waals surface area contributed by atoms with Crippen molar-refractivity contribution in [3.8, 4) is 0 Å². The summed E-state index contributed by atoms with van der Waals surface area (Å²) in [7, 11) is 0. The van der Waals surface area contributed by atoms with Crippen LogP contribution in [0.25, 0.3) is 0 Å². The van der Waals surface area contributed by atoms with Crippen LogP contribution in [0.2, 0.25) is 0 Å². The topological polar surface area (TPSA) is 199 Å². The monoisotopic (exact) mass is 405 g/mol. The molecule has 0 fully saturated rings. The van der Waals surface area contributed by atoms with Crippen molar-refractivity contribution in [2.24, 2.45) is 28.3 Å². The van der Waals surface area contributed by atoms with E-state index in [1.165, 1.54) is 0 Å². The average molecular weight is 406 g/mol. The largest absolute Gasteiger partial charge is 0.481 e. The first-order valence-corrected chi connectivity index (χ1v) is 9.66. The molecule has 0 saturated heterocycles. The molecule has 0 heterocycles. The molecule has 28 heavy (non-hydrogen) atoms. The Morgan fingerprint density at radius 2 is 1.46 bits per heavy atom. The van der Waals surface area contributed by atoms with Gasteiger partial charge < -0.3 is 33.1 Å². The number of hydrogen-bond donors (Lipinski definition) is 6. The number of carboxylic acid groups (broad SMARTS) is 2. The van der Waals surface area contributed by atoms with Crippen LogP contribution in [0, 0.1) is 5.41 Å². The fourth-order valence-corrected chi connectivity index (χ4v) is 2.57. The third-order valence-electron chi connectivity index (χ3n) is 4.19. The summed E-state index contributed by atoms with van der Waals surface area (Å²) in [6.45, 7) is 4.88. The van der Waals surface area contributed by atoms with Crippen LogP contribution in [-0.2, 0) is 14.4 Å². The number of Topliss-reactive ketones (excluding diaryl/α,β-unsaturated/α-hetero) is 1. The predicted molar refractivity (Wildman–Crippen MR) is 109 cm³/mol. The van der Waals surface area contributed by atoms with Crippen LogP contribution in [0.15, 0.2) is 0 Å². The number of carboxylic acids is 2. The van der Waals surface area contributed by atoms with Gasteiger partial charge in [-0.05, 0) is 52.4 Å². The van der Waals surface area contributed by atoms with Crippen LogP contribution in [0.3, 0.4) is 0 Å². The van der Waals surface area contributed by atoms with E-state index >= 15 is 0 Å². The second kappa shape index (κ2) is 17.5. The molecule has 0 aromatic rings. The van der Waals surface area contributed by atoms with Crippen molar-refractivity contribution in [3.05, 3.63) is 0 Å². The van der Waals surface area contributed by atoms with Crippen molar-refractivity contribution in [2.45, 2.75) is 45.4 Å². The van der Waals surface area contributed by atoms with Crippen LogP contribution >= 0.6 is 0 Å². The number of nitrogens with zero attached hydrogens (tertiary/aromatic N) is 1. The summed E-state index contributed by atoms with van der Waals surface area (Å²) >= 11 is 0. The van der Waals surface area contributed by atoms with Crippen molar-refractivity contribution >= 4 is 17.7 Å². The van der Waals surface area contributed by atoms with Gasteiger partial charge in [-0.3, -0.25) is 19.3 Å². The molecule has 0 aromatic carbocycles. The Kier molecular flexibility index (Phi) is 17.9. The molecule has 166 valence electrons. The zero-order valence-corrected chi connectivity index (χ0v) is 17.1. The molecule has 1 atom stereocenters. The van der Waals surface area contributed by atoms with E-state index in [-0.39, 0.29) is 31.7 Å². The highest BCUT2D eigenvalue weighted by molar-refractivity contribution is 5.86. The lowest BCUT2D eigenvalue weighted by Gasteiger charge is -2.23. The van der Waals surface area contributed by atoms with E-state index in [9.17, 15) is 14.4 Å². The first kappa shape index (κ1) is 28.6. The van der Waals surface area contributed by atoms with Gasteiger partial charge in [0.15, 0.2) is 0 Å². The van der Waals surface area contributed by atoms with Crippen molar-refractivity contribution in [1.82, 2.24) is 4.90 Å².